The van der Waals surface area contributed by atoms with Crippen molar-refractivity contribution < 1.29 is 4.74 Å². The first-order chi connectivity index (χ1) is 8.24. The molecular formula is C13H25N3O. The number of unbranched alkanes of at least 4 members (excludes halogenated alkanes) is 1. The van der Waals surface area contributed by atoms with Crippen LogP contribution in [-0.2, 0) is 17.7 Å². The number of rotatable bonds is 9. The fourth-order valence-electron chi connectivity index (χ4n) is 1.79. The molecule has 1 rings (SSSR count). The summed E-state index contributed by atoms with van der Waals surface area (Å²) in [5.74, 6) is 1.18. The van der Waals surface area contributed by atoms with Crippen LogP contribution in [0, 0.1) is 0 Å². The summed E-state index contributed by atoms with van der Waals surface area (Å²) in [6, 6.07) is 0. The lowest BCUT2D eigenvalue weighted by molar-refractivity contribution is 0.138. The minimum atomic E-state index is 0.775. The van der Waals surface area contributed by atoms with Crippen LogP contribution in [0.25, 0.3) is 0 Å². The smallest absolute Gasteiger partial charge is 0.108 e. The molecule has 1 aromatic heterocycles. The molecule has 0 spiro atoms. The molecular weight excluding hydrogens is 214 g/mol. The van der Waals surface area contributed by atoms with E-state index in [1.165, 1.54) is 18.7 Å². The van der Waals surface area contributed by atoms with E-state index < -0.39 is 0 Å². The standard InChI is InChI=1S/C13H25N3O/c1-4-17-12-11-16-10-8-14-13(16)7-5-6-9-15(2)3/h8,10H,4-7,9,11-12H2,1-3H3. The molecule has 0 atom stereocenters. The van der Waals surface area contributed by atoms with Crippen LogP contribution in [0.4, 0.5) is 0 Å². The van der Waals surface area contributed by atoms with E-state index in [0.717, 1.165) is 32.7 Å². The number of aromatic nitrogens is 2. The lowest BCUT2D eigenvalue weighted by Gasteiger charge is -2.10. The molecule has 0 saturated carbocycles. The highest BCUT2D eigenvalue weighted by atomic mass is 16.5. The zero-order chi connectivity index (χ0) is 12.5. The third-order valence-corrected chi connectivity index (χ3v) is 2.74. The second kappa shape index (κ2) is 8.25. The SMILES string of the molecule is CCOCCn1ccnc1CCCCN(C)C. The van der Waals surface area contributed by atoms with Crippen LogP contribution < -0.4 is 0 Å². The quantitative estimate of drug-likeness (QED) is 0.616. The first kappa shape index (κ1) is 14.2. The lowest BCUT2D eigenvalue weighted by atomic mass is 10.2. The average Bonchev–Trinajstić information content (AvgIpc) is 2.72. The number of imidazole rings is 1. The summed E-state index contributed by atoms with van der Waals surface area (Å²) in [4.78, 5) is 6.63. The van der Waals surface area contributed by atoms with Gasteiger partial charge in [0.05, 0.1) is 6.61 Å². The van der Waals surface area contributed by atoms with Gasteiger partial charge < -0.3 is 14.2 Å². The van der Waals surface area contributed by atoms with Crippen LogP contribution in [0.3, 0.4) is 0 Å². The van der Waals surface area contributed by atoms with Crippen LogP contribution in [0.2, 0.25) is 0 Å². The summed E-state index contributed by atoms with van der Waals surface area (Å²) in [7, 11) is 4.23. The van der Waals surface area contributed by atoms with Gasteiger partial charge in [-0.1, -0.05) is 0 Å². The monoisotopic (exact) mass is 239 g/mol. The van der Waals surface area contributed by atoms with Gasteiger partial charge in [0, 0.05) is 32.0 Å². The number of aryl methyl sites for hydroxylation is 1. The van der Waals surface area contributed by atoms with Gasteiger partial charge >= 0.3 is 0 Å². The molecule has 0 unspecified atom stereocenters. The molecule has 0 bridgehead atoms. The molecule has 1 aromatic rings. The Labute approximate surface area is 105 Å². The van der Waals surface area contributed by atoms with Crippen molar-refractivity contribution in [3.05, 3.63) is 18.2 Å². The van der Waals surface area contributed by atoms with Gasteiger partial charge in [-0.2, -0.15) is 0 Å². The number of ether oxygens (including phenoxy) is 1. The molecule has 4 heteroatoms. The van der Waals surface area contributed by atoms with Crippen LogP contribution in [0.1, 0.15) is 25.6 Å². The largest absolute Gasteiger partial charge is 0.380 e. The van der Waals surface area contributed by atoms with Crippen molar-refractivity contribution in [2.75, 3.05) is 33.9 Å². The third kappa shape index (κ3) is 5.84. The number of nitrogens with zero attached hydrogens (tertiary/aromatic N) is 3. The maximum absolute atomic E-state index is 5.36. The van der Waals surface area contributed by atoms with E-state index in [9.17, 15) is 0 Å². The van der Waals surface area contributed by atoms with Crippen LogP contribution >= 0.6 is 0 Å². The molecule has 0 fully saturated rings. The van der Waals surface area contributed by atoms with Gasteiger partial charge in [-0.25, -0.2) is 4.98 Å². The lowest BCUT2D eigenvalue weighted by Crippen LogP contribution is -2.13. The van der Waals surface area contributed by atoms with Crippen molar-refractivity contribution in [2.45, 2.75) is 32.7 Å². The summed E-state index contributed by atoms with van der Waals surface area (Å²) < 4.78 is 7.56. The first-order valence-corrected chi connectivity index (χ1v) is 6.46. The Morgan fingerprint density at radius 3 is 2.88 bits per heavy atom. The Balaban J connectivity index is 2.25. The van der Waals surface area contributed by atoms with Gasteiger partial charge in [-0.05, 0) is 40.4 Å². The van der Waals surface area contributed by atoms with Gasteiger partial charge in [0.1, 0.15) is 5.82 Å². The van der Waals surface area contributed by atoms with E-state index >= 15 is 0 Å². The van der Waals surface area contributed by atoms with Crippen LogP contribution in [0.15, 0.2) is 12.4 Å². The summed E-state index contributed by atoms with van der Waals surface area (Å²) in [6.45, 7) is 5.65. The zero-order valence-corrected chi connectivity index (χ0v) is 11.4. The first-order valence-electron chi connectivity index (χ1n) is 6.46. The van der Waals surface area contributed by atoms with Crippen molar-refractivity contribution in [3.8, 4) is 0 Å². The maximum Gasteiger partial charge on any atom is 0.108 e. The molecule has 98 valence electrons. The van der Waals surface area contributed by atoms with E-state index in [1.54, 1.807) is 0 Å². The molecule has 4 nitrogen and oxygen atoms in total. The molecule has 0 aromatic carbocycles. The Bertz CT molecular complexity index is 297. The zero-order valence-electron chi connectivity index (χ0n) is 11.4. The van der Waals surface area contributed by atoms with Crippen molar-refractivity contribution in [3.63, 3.8) is 0 Å². The molecule has 0 aliphatic carbocycles. The second-order valence-electron chi connectivity index (χ2n) is 4.49. The van der Waals surface area contributed by atoms with Gasteiger partial charge in [0.2, 0.25) is 0 Å². The van der Waals surface area contributed by atoms with Crippen LogP contribution in [-0.4, -0.2) is 48.3 Å². The number of hydrogen-bond acceptors (Lipinski definition) is 3. The average molecular weight is 239 g/mol. The van der Waals surface area contributed by atoms with Gasteiger partial charge in [0.15, 0.2) is 0 Å². The summed E-state index contributed by atoms with van der Waals surface area (Å²) in [5.41, 5.74) is 0. The van der Waals surface area contributed by atoms with Crippen molar-refractivity contribution in [1.82, 2.24) is 14.5 Å². The van der Waals surface area contributed by atoms with Crippen molar-refractivity contribution >= 4 is 0 Å². The van der Waals surface area contributed by atoms with Gasteiger partial charge in [-0.15, -0.1) is 0 Å². The molecule has 17 heavy (non-hydrogen) atoms. The topological polar surface area (TPSA) is 30.3 Å². The van der Waals surface area contributed by atoms with E-state index in [2.05, 4.69) is 28.5 Å². The number of hydrogen-bond donors (Lipinski definition) is 0. The highest BCUT2D eigenvalue weighted by Gasteiger charge is 2.02. The molecule has 0 aliphatic heterocycles. The van der Waals surface area contributed by atoms with E-state index in [0.29, 0.717) is 0 Å². The molecule has 0 amide bonds. The molecule has 0 N–H and O–H groups in total. The fraction of sp³-hybridized carbons (Fsp3) is 0.769. The fourth-order valence-corrected chi connectivity index (χ4v) is 1.79. The van der Waals surface area contributed by atoms with E-state index in [-0.39, 0.29) is 0 Å². The molecule has 0 radical (unpaired) electrons. The Morgan fingerprint density at radius 2 is 2.18 bits per heavy atom. The van der Waals surface area contributed by atoms with E-state index in [1.807, 2.05) is 19.3 Å². The third-order valence-electron chi connectivity index (χ3n) is 2.74. The van der Waals surface area contributed by atoms with E-state index in [4.69, 9.17) is 4.74 Å². The van der Waals surface area contributed by atoms with Gasteiger partial charge in [-0.3, -0.25) is 0 Å². The Kier molecular flexibility index (Phi) is 6.89. The predicted molar refractivity (Wildman–Crippen MR) is 70.2 cm³/mol. The summed E-state index contributed by atoms with van der Waals surface area (Å²) in [5, 5.41) is 0. The predicted octanol–water partition coefficient (Wildman–Crippen LogP) is 1.80. The van der Waals surface area contributed by atoms with Crippen molar-refractivity contribution in [2.24, 2.45) is 0 Å². The summed E-state index contributed by atoms with van der Waals surface area (Å²) >= 11 is 0. The highest BCUT2D eigenvalue weighted by Crippen LogP contribution is 2.04. The molecule has 0 aliphatic rings. The van der Waals surface area contributed by atoms with Crippen molar-refractivity contribution in [1.29, 1.82) is 0 Å². The Morgan fingerprint density at radius 1 is 1.35 bits per heavy atom. The minimum Gasteiger partial charge on any atom is -0.380 e. The minimum absolute atomic E-state index is 0.775. The Hall–Kier alpha value is -0.870. The summed E-state index contributed by atoms with van der Waals surface area (Å²) in [6.07, 6.45) is 7.41. The molecule has 0 saturated heterocycles. The normalized spacial score (nSPS) is 11.3. The molecule has 1 heterocycles. The second-order valence-corrected chi connectivity index (χ2v) is 4.49. The highest BCUT2D eigenvalue weighted by molar-refractivity contribution is 4.92. The maximum atomic E-state index is 5.36. The van der Waals surface area contributed by atoms with Crippen LogP contribution in [0.5, 0.6) is 0 Å². The van der Waals surface area contributed by atoms with Gasteiger partial charge in [0.25, 0.3) is 0 Å².